The topological polar surface area (TPSA) is 89.9 Å². The van der Waals surface area contributed by atoms with Crippen LogP contribution in [0.2, 0.25) is 0 Å². The lowest BCUT2D eigenvalue weighted by Crippen LogP contribution is -2.62. The number of amides is 1. The molecular weight excluding hydrogens is 500 g/mol. The van der Waals surface area contributed by atoms with E-state index in [1.54, 1.807) is 6.08 Å². The first kappa shape index (κ1) is 29.2. The van der Waals surface area contributed by atoms with Crippen LogP contribution in [0.4, 0.5) is 0 Å². The SMILES string of the molecule is C=C[C@]1(C)C[C@@H](O)[C@]2(C)[C@H](C)CC[C@]3(C/C(=C\c4ccc(C(=O)NC5CCN(C)CC5)cc4)C(=O)[C@H]32)[C@@H](C)[C@@H]1O. The van der Waals surface area contributed by atoms with Gasteiger partial charge in [-0.1, -0.05) is 45.9 Å². The van der Waals surface area contributed by atoms with Crippen LogP contribution in [0.1, 0.15) is 82.1 Å². The lowest BCUT2D eigenvalue weighted by molar-refractivity contribution is -0.191. The van der Waals surface area contributed by atoms with Crippen LogP contribution in [0.5, 0.6) is 0 Å². The summed E-state index contributed by atoms with van der Waals surface area (Å²) in [7, 11) is 2.11. The minimum atomic E-state index is -0.719. The normalized spacial score (nSPS) is 41.7. The summed E-state index contributed by atoms with van der Waals surface area (Å²) in [5.41, 5.74) is 0.654. The quantitative estimate of drug-likeness (QED) is 0.369. The molecule has 2 bridgehead atoms. The molecule has 3 saturated carbocycles. The van der Waals surface area contributed by atoms with Crippen LogP contribution < -0.4 is 5.32 Å². The second-order valence-corrected chi connectivity index (χ2v) is 14.0. The van der Waals surface area contributed by atoms with Crippen LogP contribution in [0.25, 0.3) is 6.08 Å². The minimum absolute atomic E-state index is 0.0547. The lowest BCUT2D eigenvalue weighted by Gasteiger charge is -2.61. The number of aliphatic hydroxyl groups excluding tert-OH is 2. The summed E-state index contributed by atoms with van der Waals surface area (Å²) in [6, 6.07) is 7.72. The first-order valence-electron chi connectivity index (χ1n) is 15.2. The molecule has 1 aromatic rings. The van der Waals surface area contributed by atoms with Crippen LogP contribution >= 0.6 is 0 Å². The molecule has 1 heterocycles. The summed E-state index contributed by atoms with van der Waals surface area (Å²) < 4.78 is 0. The second-order valence-electron chi connectivity index (χ2n) is 14.0. The van der Waals surface area contributed by atoms with Crippen molar-refractivity contribution in [2.24, 2.45) is 34.0 Å². The van der Waals surface area contributed by atoms with Crippen molar-refractivity contribution in [2.45, 2.75) is 84.5 Å². The predicted octanol–water partition coefficient (Wildman–Crippen LogP) is 4.86. The number of hydrogen-bond donors (Lipinski definition) is 3. The average Bonchev–Trinajstić information content (AvgIpc) is 3.23. The maximum atomic E-state index is 14.3. The lowest BCUT2D eigenvalue weighted by atomic mass is 9.44. The molecule has 1 saturated heterocycles. The number of allylic oxidation sites excluding steroid dienone is 1. The molecule has 1 aliphatic heterocycles. The maximum Gasteiger partial charge on any atom is 0.251 e. The van der Waals surface area contributed by atoms with Gasteiger partial charge in [0.15, 0.2) is 5.78 Å². The summed E-state index contributed by atoms with van der Waals surface area (Å²) in [6.07, 6.45) is 7.04. The molecule has 3 aliphatic carbocycles. The van der Waals surface area contributed by atoms with Gasteiger partial charge in [-0.25, -0.2) is 0 Å². The number of nitrogens with one attached hydrogen (secondary N) is 1. The van der Waals surface area contributed by atoms with E-state index in [9.17, 15) is 19.8 Å². The first-order valence-corrected chi connectivity index (χ1v) is 15.2. The van der Waals surface area contributed by atoms with Crippen molar-refractivity contribution < 1.29 is 19.8 Å². The Morgan fingerprint density at radius 2 is 1.75 bits per heavy atom. The van der Waals surface area contributed by atoms with Crippen molar-refractivity contribution in [3.8, 4) is 0 Å². The third-order valence-corrected chi connectivity index (χ3v) is 11.8. The zero-order valence-electron chi connectivity index (χ0n) is 25.0. The fourth-order valence-electron chi connectivity index (χ4n) is 8.70. The van der Waals surface area contributed by atoms with Crippen LogP contribution in [-0.2, 0) is 4.79 Å². The average molecular weight is 549 g/mol. The highest BCUT2D eigenvalue weighted by atomic mass is 16.3. The molecule has 0 spiro atoms. The van der Waals surface area contributed by atoms with Gasteiger partial charge >= 0.3 is 0 Å². The first-order chi connectivity index (χ1) is 18.9. The van der Waals surface area contributed by atoms with Gasteiger partial charge in [-0.15, -0.1) is 6.58 Å². The fourth-order valence-corrected chi connectivity index (χ4v) is 8.70. The van der Waals surface area contributed by atoms with Crippen molar-refractivity contribution in [2.75, 3.05) is 20.1 Å². The predicted molar refractivity (Wildman–Crippen MR) is 159 cm³/mol. The summed E-state index contributed by atoms with van der Waals surface area (Å²) >= 11 is 0. The molecular formula is C34H48N2O4. The van der Waals surface area contributed by atoms with Crippen LogP contribution in [0, 0.1) is 34.0 Å². The molecule has 6 nitrogen and oxygen atoms in total. The Hall–Kier alpha value is -2.28. The summed E-state index contributed by atoms with van der Waals surface area (Å²) in [5, 5.41) is 26.5. The number of hydrogen-bond acceptors (Lipinski definition) is 5. The van der Waals surface area contributed by atoms with E-state index in [0.29, 0.717) is 18.4 Å². The number of piperidine rings is 1. The van der Waals surface area contributed by atoms with Gasteiger partial charge in [0, 0.05) is 28.4 Å². The zero-order valence-corrected chi connectivity index (χ0v) is 25.0. The smallest absolute Gasteiger partial charge is 0.251 e. The van der Waals surface area contributed by atoms with Gasteiger partial charge in [-0.05, 0) is 105 Å². The summed E-state index contributed by atoms with van der Waals surface area (Å²) in [4.78, 5) is 29.4. The number of carbonyl (C=O) groups excluding carboxylic acids is 2. The molecule has 218 valence electrons. The maximum absolute atomic E-state index is 14.3. The molecule has 1 aromatic carbocycles. The number of benzene rings is 1. The fraction of sp³-hybridized carbons (Fsp3) is 0.647. The van der Waals surface area contributed by atoms with Crippen molar-refractivity contribution in [1.82, 2.24) is 10.2 Å². The number of likely N-dealkylation sites (tertiary alicyclic amines) is 1. The van der Waals surface area contributed by atoms with Gasteiger partial charge in [-0.2, -0.15) is 0 Å². The van der Waals surface area contributed by atoms with E-state index in [-0.39, 0.29) is 35.5 Å². The van der Waals surface area contributed by atoms with Gasteiger partial charge in [0.1, 0.15) is 0 Å². The van der Waals surface area contributed by atoms with Gasteiger partial charge in [-0.3, -0.25) is 9.59 Å². The molecule has 4 aliphatic rings. The van der Waals surface area contributed by atoms with E-state index in [0.717, 1.165) is 49.9 Å². The van der Waals surface area contributed by atoms with Crippen LogP contribution in [0.3, 0.4) is 0 Å². The van der Waals surface area contributed by atoms with Crippen molar-refractivity contribution in [1.29, 1.82) is 0 Å². The van der Waals surface area contributed by atoms with E-state index in [2.05, 4.69) is 44.6 Å². The van der Waals surface area contributed by atoms with Gasteiger partial charge in [0.25, 0.3) is 5.91 Å². The van der Waals surface area contributed by atoms with Gasteiger partial charge in [0.2, 0.25) is 0 Å². The number of Topliss-reactive ketones (excluding diaryl/α,β-unsaturated/α-hetero) is 1. The van der Waals surface area contributed by atoms with Crippen molar-refractivity contribution >= 4 is 17.8 Å². The third kappa shape index (κ3) is 4.60. The third-order valence-electron chi connectivity index (χ3n) is 11.8. The Balaban J connectivity index is 1.43. The van der Waals surface area contributed by atoms with Gasteiger partial charge < -0.3 is 20.4 Å². The molecule has 40 heavy (non-hydrogen) atoms. The molecule has 0 unspecified atom stereocenters. The Labute approximate surface area is 239 Å². The Kier molecular flexibility index (Phi) is 7.69. The molecule has 0 aromatic heterocycles. The van der Waals surface area contributed by atoms with E-state index in [1.165, 1.54) is 0 Å². The minimum Gasteiger partial charge on any atom is -0.392 e. The van der Waals surface area contributed by atoms with E-state index in [1.807, 2.05) is 37.3 Å². The summed E-state index contributed by atoms with van der Waals surface area (Å²) in [5.74, 6) is -0.231. The number of rotatable bonds is 4. The highest BCUT2D eigenvalue weighted by molar-refractivity contribution is 6.05. The number of carbonyl (C=O) groups is 2. The Morgan fingerprint density at radius 1 is 1.10 bits per heavy atom. The molecule has 4 fully saturated rings. The number of nitrogens with zero attached hydrogens (tertiary/aromatic N) is 1. The second kappa shape index (κ2) is 10.5. The molecule has 3 N–H and O–H groups in total. The van der Waals surface area contributed by atoms with Crippen LogP contribution in [0.15, 0.2) is 42.5 Å². The van der Waals surface area contributed by atoms with Crippen molar-refractivity contribution in [3.63, 3.8) is 0 Å². The molecule has 0 radical (unpaired) electrons. The highest BCUT2D eigenvalue weighted by Gasteiger charge is 2.68. The monoisotopic (exact) mass is 548 g/mol. The van der Waals surface area contributed by atoms with E-state index < -0.39 is 28.5 Å². The Bertz CT molecular complexity index is 1180. The molecule has 1 amide bonds. The molecule has 6 heteroatoms. The summed E-state index contributed by atoms with van der Waals surface area (Å²) in [6.45, 7) is 14.4. The molecule has 8 atom stereocenters. The van der Waals surface area contributed by atoms with E-state index in [4.69, 9.17) is 0 Å². The van der Waals surface area contributed by atoms with Crippen molar-refractivity contribution in [3.05, 3.63) is 53.6 Å². The highest BCUT2D eigenvalue weighted by Crippen LogP contribution is 2.68. The largest absolute Gasteiger partial charge is 0.392 e. The number of ketones is 1. The standard InChI is InChI=1S/C34H48N2O4/c1-7-32(4)20-27(37)33(5)21(2)12-15-34(22(3)30(32)39)19-25(28(38)29(33)34)18-23-8-10-24(11-9-23)31(40)35-26-13-16-36(6)17-14-26/h7-11,18,21-22,26-27,29-30,37,39H,1,12-17,19-20H2,2-6H3,(H,35,40)/b25-18+/t21-,22+,27-,29+,30+,32-,33+,34+/m1/s1. The van der Waals surface area contributed by atoms with E-state index >= 15 is 0 Å². The molecule has 5 rings (SSSR count). The van der Waals surface area contributed by atoms with Crippen LogP contribution in [-0.4, -0.2) is 65.2 Å². The Morgan fingerprint density at radius 3 is 2.38 bits per heavy atom. The zero-order chi connectivity index (χ0) is 29.0. The number of aliphatic hydroxyl groups is 2. The van der Waals surface area contributed by atoms with Gasteiger partial charge in [0.05, 0.1) is 12.2 Å².